The third-order valence-electron chi connectivity index (χ3n) is 3.29. The molecule has 0 amide bonds. The molecule has 2 aromatic rings. The molecule has 1 unspecified atom stereocenters. The van der Waals surface area contributed by atoms with Crippen LogP contribution in [0.4, 0.5) is 4.39 Å². The standard InChI is InChI=1S/C16H16BrClFN/c1-10-3-5-13(8-16(10)19)11(2)20-9-12-4-6-15(18)14(17)7-12/h3-8,11,20H,9H2,1-2H3. The summed E-state index contributed by atoms with van der Waals surface area (Å²) in [5, 5.41) is 4.07. The van der Waals surface area contributed by atoms with Crippen molar-refractivity contribution in [2.75, 3.05) is 0 Å². The zero-order valence-electron chi connectivity index (χ0n) is 11.4. The van der Waals surface area contributed by atoms with Crippen LogP contribution in [0.15, 0.2) is 40.9 Å². The minimum Gasteiger partial charge on any atom is -0.306 e. The second-order valence-electron chi connectivity index (χ2n) is 4.86. The van der Waals surface area contributed by atoms with Crippen molar-refractivity contribution in [1.82, 2.24) is 5.32 Å². The molecule has 0 aliphatic carbocycles. The number of benzene rings is 2. The van der Waals surface area contributed by atoms with Gasteiger partial charge in [0.25, 0.3) is 0 Å². The first-order valence-electron chi connectivity index (χ1n) is 6.40. The van der Waals surface area contributed by atoms with Crippen molar-refractivity contribution in [2.45, 2.75) is 26.4 Å². The summed E-state index contributed by atoms with van der Waals surface area (Å²) < 4.78 is 14.4. The van der Waals surface area contributed by atoms with Crippen LogP contribution in [0.2, 0.25) is 5.02 Å². The second-order valence-corrected chi connectivity index (χ2v) is 6.12. The summed E-state index contributed by atoms with van der Waals surface area (Å²) in [4.78, 5) is 0. The van der Waals surface area contributed by atoms with Gasteiger partial charge in [-0.2, -0.15) is 0 Å². The molecule has 0 spiro atoms. The highest BCUT2D eigenvalue weighted by Crippen LogP contribution is 2.23. The van der Waals surface area contributed by atoms with Crippen LogP contribution in [0.1, 0.15) is 29.7 Å². The lowest BCUT2D eigenvalue weighted by molar-refractivity contribution is 0.563. The highest BCUT2D eigenvalue weighted by atomic mass is 79.9. The Morgan fingerprint density at radius 1 is 1.25 bits per heavy atom. The van der Waals surface area contributed by atoms with Crippen LogP contribution >= 0.6 is 27.5 Å². The van der Waals surface area contributed by atoms with Crippen molar-refractivity contribution >= 4 is 27.5 Å². The van der Waals surface area contributed by atoms with E-state index in [4.69, 9.17) is 11.6 Å². The van der Waals surface area contributed by atoms with Gasteiger partial charge in [-0.05, 0) is 64.7 Å². The molecular weight excluding hydrogens is 341 g/mol. The summed E-state index contributed by atoms with van der Waals surface area (Å²) in [5.74, 6) is -0.162. The molecule has 0 aliphatic rings. The van der Waals surface area contributed by atoms with Crippen molar-refractivity contribution in [3.8, 4) is 0 Å². The number of hydrogen-bond acceptors (Lipinski definition) is 1. The van der Waals surface area contributed by atoms with Crippen molar-refractivity contribution in [3.05, 3.63) is 68.4 Å². The predicted octanol–water partition coefficient (Wildman–Crippen LogP) is 5.40. The maximum atomic E-state index is 13.6. The zero-order chi connectivity index (χ0) is 14.7. The molecule has 106 valence electrons. The van der Waals surface area contributed by atoms with E-state index in [1.165, 1.54) is 0 Å². The Bertz CT molecular complexity index is 615. The molecule has 0 fully saturated rings. The number of rotatable bonds is 4. The van der Waals surface area contributed by atoms with Crippen LogP contribution in [0.25, 0.3) is 0 Å². The zero-order valence-corrected chi connectivity index (χ0v) is 13.7. The van der Waals surface area contributed by atoms with Gasteiger partial charge >= 0.3 is 0 Å². The van der Waals surface area contributed by atoms with E-state index in [0.717, 1.165) is 15.6 Å². The summed E-state index contributed by atoms with van der Waals surface area (Å²) in [6.45, 7) is 4.49. The van der Waals surface area contributed by atoms with Gasteiger partial charge in [-0.15, -0.1) is 0 Å². The SMILES string of the molecule is Cc1ccc(C(C)NCc2ccc(Cl)c(Br)c2)cc1F. The molecule has 0 heterocycles. The largest absolute Gasteiger partial charge is 0.306 e. The lowest BCUT2D eigenvalue weighted by Crippen LogP contribution is -2.18. The number of hydrogen-bond donors (Lipinski definition) is 1. The molecule has 0 aromatic heterocycles. The molecule has 2 rings (SSSR count). The molecule has 0 saturated carbocycles. The van der Waals surface area contributed by atoms with Gasteiger partial charge in [-0.3, -0.25) is 0 Å². The first-order valence-corrected chi connectivity index (χ1v) is 7.58. The van der Waals surface area contributed by atoms with Gasteiger partial charge in [0.2, 0.25) is 0 Å². The Labute approximate surface area is 132 Å². The Kier molecular flexibility index (Phi) is 5.19. The van der Waals surface area contributed by atoms with Crippen LogP contribution in [-0.2, 0) is 6.54 Å². The van der Waals surface area contributed by atoms with Gasteiger partial charge in [0.1, 0.15) is 5.82 Å². The second kappa shape index (κ2) is 6.70. The van der Waals surface area contributed by atoms with Crippen molar-refractivity contribution in [1.29, 1.82) is 0 Å². The number of nitrogens with one attached hydrogen (secondary N) is 1. The molecule has 0 bridgehead atoms. The highest BCUT2D eigenvalue weighted by molar-refractivity contribution is 9.10. The summed E-state index contributed by atoms with van der Waals surface area (Å²) in [6.07, 6.45) is 0. The van der Waals surface area contributed by atoms with Crippen LogP contribution < -0.4 is 5.32 Å². The monoisotopic (exact) mass is 355 g/mol. The summed E-state index contributed by atoms with van der Waals surface area (Å²) in [6, 6.07) is 11.2. The third kappa shape index (κ3) is 3.81. The molecular formula is C16H16BrClFN. The van der Waals surface area contributed by atoms with Crippen molar-refractivity contribution in [3.63, 3.8) is 0 Å². The lowest BCUT2D eigenvalue weighted by Gasteiger charge is -2.15. The molecule has 2 aromatic carbocycles. The van der Waals surface area contributed by atoms with E-state index < -0.39 is 0 Å². The number of halogens is 3. The van der Waals surface area contributed by atoms with Crippen molar-refractivity contribution < 1.29 is 4.39 Å². The minimum atomic E-state index is -0.162. The van der Waals surface area contributed by atoms with Crippen LogP contribution in [0, 0.1) is 12.7 Å². The van der Waals surface area contributed by atoms with Gasteiger partial charge in [-0.1, -0.05) is 29.8 Å². The van der Waals surface area contributed by atoms with Gasteiger partial charge in [0, 0.05) is 17.1 Å². The van der Waals surface area contributed by atoms with Gasteiger partial charge in [0.05, 0.1) is 5.02 Å². The Balaban J connectivity index is 2.02. The average molecular weight is 357 g/mol. The van der Waals surface area contributed by atoms with E-state index in [-0.39, 0.29) is 11.9 Å². The van der Waals surface area contributed by atoms with E-state index in [1.54, 1.807) is 13.0 Å². The average Bonchev–Trinajstić information content (AvgIpc) is 2.43. The van der Waals surface area contributed by atoms with Crippen LogP contribution in [-0.4, -0.2) is 0 Å². The maximum Gasteiger partial charge on any atom is 0.126 e. The molecule has 4 heteroatoms. The Morgan fingerprint density at radius 2 is 2.00 bits per heavy atom. The fraction of sp³-hybridized carbons (Fsp3) is 0.250. The first kappa shape index (κ1) is 15.5. The molecule has 0 radical (unpaired) electrons. The summed E-state index contributed by atoms with van der Waals surface area (Å²) >= 11 is 9.37. The maximum absolute atomic E-state index is 13.6. The fourth-order valence-electron chi connectivity index (χ4n) is 1.92. The smallest absolute Gasteiger partial charge is 0.126 e. The van der Waals surface area contributed by atoms with E-state index in [0.29, 0.717) is 17.1 Å². The molecule has 1 N–H and O–H groups in total. The van der Waals surface area contributed by atoms with Crippen molar-refractivity contribution in [2.24, 2.45) is 0 Å². The third-order valence-corrected chi connectivity index (χ3v) is 4.51. The quantitative estimate of drug-likeness (QED) is 0.773. The van der Waals surface area contributed by atoms with Gasteiger partial charge < -0.3 is 5.32 Å². The fourth-order valence-corrected chi connectivity index (χ4v) is 2.46. The molecule has 0 aliphatic heterocycles. The van der Waals surface area contributed by atoms with Gasteiger partial charge in [0.15, 0.2) is 0 Å². The lowest BCUT2D eigenvalue weighted by atomic mass is 10.1. The topological polar surface area (TPSA) is 12.0 Å². The summed E-state index contributed by atoms with van der Waals surface area (Å²) in [5.41, 5.74) is 2.74. The van der Waals surface area contributed by atoms with Crippen LogP contribution in [0.5, 0.6) is 0 Å². The minimum absolute atomic E-state index is 0.0829. The summed E-state index contributed by atoms with van der Waals surface area (Å²) in [7, 11) is 0. The van der Waals surface area contributed by atoms with E-state index in [2.05, 4.69) is 21.2 Å². The first-order chi connectivity index (χ1) is 9.47. The van der Waals surface area contributed by atoms with E-state index >= 15 is 0 Å². The Hall–Kier alpha value is -0.900. The molecule has 1 nitrogen and oxygen atoms in total. The van der Waals surface area contributed by atoms with Crippen LogP contribution in [0.3, 0.4) is 0 Å². The Morgan fingerprint density at radius 3 is 2.65 bits per heavy atom. The number of aryl methyl sites for hydroxylation is 1. The normalized spacial score (nSPS) is 12.4. The predicted molar refractivity (Wildman–Crippen MR) is 85.5 cm³/mol. The molecule has 1 atom stereocenters. The highest BCUT2D eigenvalue weighted by Gasteiger charge is 2.08. The molecule has 20 heavy (non-hydrogen) atoms. The van der Waals surface area contributed by atoms with E-state index in [9.17, 15) is 4.39 Å². The van der Waals surface area contributed by atoms with E-state index in [1.807, 2.05) is 37.3 Å². The van der Waals surface area contributed by atoms with Gasteiger partial charge in [-0.25, -0.2) is 4.39 Å². The molecule has 0 saturated heterocycles.